The summed E-state index contributed by atoms with van der Waals surface area (Å²) >= 11 is 0. The quantitative estimate of drug-likeness (QED) is 0.519. The Morgan fingerprint density at radius 2 is 2.06 bits per heavy atom. The normalized spacial score (nSPS) is 17.3. The maximum atomic E-state index is 11.8. The fourth-order valence-corrected chi connectivity index (χ4v) is 2.11. The van der Waals surface area contributed by atoms with Gasteiger partial charge in [-0.1, -0.05) is 13.8 Å². The smallest absolute Gasteiger partial charge is 0.325 e. The highest BCUT2D eigenvalue weighted by atomic mass is 16.2. The first-order chi connectivity index (χ1) is 8.51. The van der Waals surface area contributed by atoms with Gasteiger partial charge in [0.25, 0.3) is 5.91 Å². The van der Waals surface area contributed by atoms with E-state index in [1.54, 1.807) is 19.9 Å². The SMILES string of the molecule is CCC1(CC)C(=O)NC(=O)N1CC(=O)NCC#N. The standard InChI is InChI=1S/C11H16N4O3/c1-3-11(4-2)9(17)14-10(18)15(11)7-8(16)13-6-5-12/h3-4,6-7H2,1-2H3,(H,13,16)(H,14,17,18). The van der Waals surface area contributed by atoms with Gasteiger partial charge in [0, 0.05) is 0 Å². The lowest BCUT2D eigenvalue weighted by molar-refractivity contribution is -0.128. The fourth-order valence-electron chi connectivity index (χ4n) is 2.11. The number of urea groups is 1. The zero-order chi connectivity index (χ0) is 13.8. The molecule has 18 heavy (non-hydrogen) atoms. The summed E-state index contributed by atoms with van der Waals surface area (Å²) in [6.07, 6.45) is 0.874. The summed E-state index contributed by atoms with van der Waals surface area (Å²) in [6, 6.07) is 1.21. The maximum absolute atomic E-state index is 11.8. The molecule has 1 saturated heterocycles. The number of carbonyl (C=O) groups is 3. The van der Waals surface area contributed by atoms with Crippen molar-refractivity contribution in [1.82, 2.24) is 15.5 Å². The first kappa shape index (κ1) is 14.0. The maximum Gasteiger partial charge on any atom is 0.325 e. The van der Waals surface area contributed by atoms with Crippen LogP contribution in [0, 0.1) is 11.3 Å². The molecule has 98 valence electrons. The first-order valence-corrected chi connectivity index (χ1v) is 5.78. The van der Waals surface area contributed by atoms with Crippen molar-refractivity contribution in [2.24, 2.45) is 0 Å². The average Bonchev–Trinajstić information content (AvgIpc) is 2.59. The summed E-state index contributed by atoms with van der Waals surface area (Å²) in [7, 11) is 0. The number of imide groups is 1. The van der Waals surface area contributed by atoms with E-state index in [2.05, 4.69) is 10.6 Å². The lowest BCUT2D eigenvalue weighted by Crippen LogP contribution is -2.52. The third-order valence-corrected chi connectivity index (χ3v) is 3.24. The van der Waals surface area contributed by atoms with Gasteiger partial charge < -0.3 is 10.2 Å². The third kappa shape index (κ3) is 2.27. The minimum atomic E-state index is -0.957. The van der Waals surface area contributed by atoms with Crippen LogP contribution in [0.25, 0.3) is 0 Å². The van der Waals surface area contributed by atoms with Crippen LogP contribution in [0.5, 0.6) is 0 Å². The van der Waals surface area contributed by atoms with Crippen LogP contribution in [-0.4, -0.2) is 41.4 Å². The summed E-state index contributed by atoms with van der Waals surface area (Å²) in [5.41, 5.74) is -0.957. The zero-order valence-electron chi connectivity index (χ0n) is 10.4. The van der Waals surface area contributed by atoms with Crippen molar-refractivity contribution in [3.63, 3.8) is 0 Å². The molecule has 4 amide bonds. The molecule has 0 unspecified atom stereocenters. The molecule has 2 N–H and O–H groups in total. The Hall–Kier alpha value is -2.10. The predicted molar refractivity (Wildman–Crippen MR) is 62.2 cm³/mol. The molecule has 7 nitrogen and oxygen atoms in total. The number of hydrogen-bond donors (Lipinski definition) is 2. The minimum Gasteiger partial charge on any atom is -0.341 e. The largest absolute Gasteiger partial charge is 0.341 e. The molecule has 1 fully saturated rings. The molecule has 0 aromatic rings. The van der Waals surface area contributed by atoms with Crippen LogP contribution < -0.4 is 10.6 Å². The van der Waals surface area contributed by atoms with E-state index in [1.807, 2.05) is 0 Å². The van der Waals surface area contributed by atoms with Gasteiger partial charge in [-0.3, -0.25) is 14.9 Å². The van der Waals surface area contributed by atoms with Crippen molar-refractivity contribution in [2.75, 3.05) is 13.1 Å². The van der Waals surface area contributed by atoms with Crippen LogP contribution in [0.2, 0.25) is 0 Å². The summed E-state index contributed by atoms with van der Waals surface area (Å²) in [4.78, 5) is 36.3. The number of nitrogens with zero attached hydrogens (tertiary/aromatic N) is 2. The Balaban J connectivity index is 2.84. The number of hydrogen-bond acceptors (Lipinski definition) is 4. The van der Waals surface area contributed by atoms with Crippen molar-refractivity contribution in [1.29, 1.82) is 5.26 Å². The third-order valence-electron chi connectivity index (χ3n) is 3.24. The molecule has 0 atom stereocenters. The van der Waals surface area contributed by atoms with Gasteiger partial charge in [-0.15, -0.1) is 0 Å². The first-order valence-electron chi connectivity index (χ1n) is 5.78. The van der Waals surface area contributed by atoms with E-state index in [0.29, 0.717) is 12.8 Å². The molecular formula is C11H16N4O3. The van der Waals surface area contributed by atoms with E-state index in [4.69, 9.17) is 5.26 Å². The molecule has 7 heteroatoms. The number of amides is 4. The van der Waals surface area contributed by atoms with Gasteiger partial charge in [-0.05, 0) is 12.8 Å². The van der Waals surface area contributed by atoms with E-state index in [-0.39, 0.29) is 19.0 Å². The van der Waals surface area contributed by atoms with Crippen molar-refractivity contribution in [2.45, 2.75) is 32.2 Å². The molecule has 0 bridgehead atoms. The van der Waals surface area contributed by atoms with E-state index in [0.717, 1.165) is 0 Å². The molecule has 0 saturated carbocycles. The summed E-state index contributed by atoms with van der Waals surface area (Å²) in [5, 5.41) is 12.9. The molecule has 0 radical (unpaired) electrons. The van der Waals surface area contributed by atoms with E-state index >= 15 is 0 Å². The minimum absolute atomic E-state index is 0.118. The van der Waals surface area contributed by atoms with Gasteiger partial charge in [-0.25, -0.2) is 4.79 Å². The summed E-state index contributed by atoms with van der Waals surface area (Å²) < 4.78 is 0. The van der Waals surface area contributed by atoms with Crippen LogP contribution >= 0.6 is 0 Å². The molecular weight excluding hydrogens is 236 g/mol. The van der Waals surface area contributed by atoms with Gasteiger partial charge in [0.1, 0.15) is 18.6 Å². The van der Waals surface area contributed by atoms with Gasteiger partial charge >= 0.3 is 6.03 Å². The Morgan fingerprint density at radius 3 is 2.56 bits per heavy atom. The lowest BCUT2D eigenvalue weighted by atomic mass is 9.91. The van der Waals surface area contributed by atoms with E-state index in [9.17, 15) is 14.4 Å². The summed E-state index contributed by atoms with van der Waals surface area (Å²) in [6.45, 7) is 3.25. The number of nitriles is 1. The average molecular weight is 252 g/mol. The second-order valence-electron chi connectivity index (χ2n) is 4.02. The zero-order valence-corrected chi connectivity index (χ0v) is 10.4. The molecule has 0 aromatic heterocycles. The molecule has 0 spiro atoms. The lowest BCUT2D eigenvalue weighted by Gasteiger charge is -2.32. The Labute approximate surface area is 105 Å². The molecule has 1 rings (SSSR count). The molecule has 1 heterocycles. The highest BCUT2D eigenvalue weighted by Gasteiger charge is 2.50. The monoisotopic (exact) mass is 252 g/mol. The van der Waals surface area contributed by atoms with Gasteiger partial charge in [0.15, 0.2) is 0 Å². The Kier molecular flexibility index (Phi) is 4.26. The number of carbonyl (C=O) groups excluding carboxylic acids is 3. The molecule has 0 aromatic carbocycles. The van der Waals surface area contributed by atoms with Crippen LogP contribution in [-0.2, 0) is 9.59 Å². The number of rotatable bonds is 5. The van der Waals surface area contributed by atoms with E-state index < -0.39 is 17.5 Å². The molecule has 1 aliphatic heterocycles. The van der Waals surface area contributed by atoms with Crippen molar-refractivity contribution >= 4 is 17.8 Å². The highest BCUT2D eigenvalue weighted by Crippen LogP contribution is 2.28. The van der Waals surface area contributed by atoms with E-state index in [1.165, 1.54) is 4.90 Å². The van der Waals surface area contributed by atoms with Crippen LogP contribution in [0.15, 0.2) is 0 Å². The predicted octanol–water partition coefficient (Wildman–Crippen LogP) is -0.263. The fraction of sp³-hybridized carbons (Fsp3) is 0.636. The Bertz CT molecular complexity index is 409. The second-order valence-corrected chi connectivity index (χ2v) is 4.02. The van der Waals surface area contributed by atoms with Gasteiger partial charge in [0.05, 0.1) is 6.07 Å². The molecule has 0 aliphatic carbocycles. The van der Waals surface area contributed by atoms with Crippen LogP contribution in [0.1, 0.15) is 26.7 Å². The summed E-state index contributed by atoms with van der Waals surface area (Å²) in [5.74, 6) is -0.821. The van der Waals surface area contributed by atoms with Crippen molar-refractivity contribution in [3.05, 3.63) is 0 Å². The van der Waals surface area contributed by atoms with Crippen molar-refractivity contribution < 1.29 is 14.4 Å². The number of nitrogens with one attached hydrogen (secondary N) is 2. The van der Waals surface area contributed by atoms with Crippen LogP contribution in [0.4, 0.5) is 4.79 Å². The topological polar surface area (TPSA) is 102 Å². The molecule has 1 aliphatic rings. The van der Waals surface area contributed by atoms with Gasteiger partial charge in [0.2, 0.25) is 5.91 Å². The Morgan fingerprint density at radius 1 is 1.44 bits per heavy atom. The highest BCUT2D eigenvalue weighted by molar-refractivity contribution is 6.08. The van der Waals surface area contributed by atoms with Crippen LogP contribution in [0.3, 0.4) is 0 Å². The van der Waals surface area contributed by atoms with Gasteiger partial charge in [-0.2, -0.15) is 5.26 Å². The second kappa shape index (κ2) is 5.49. The van der Waals surface area contributed by atoms with Crippen molar-refractivity contribution in [3.8, 4) is 6.07 Å².